The van der Waals surface area contributed by atoms with Gasteiger partial charge >= 0.3 is 5.97 Å². The second kappa shape index (κ2) is 5.84. The Balaban J connectivity index is 3.04. The van der Waals surface area contributed by atoms with Gasteiger partial charge in [-0.1, -0.05) is 29.8 Å². The molecule has 1 rings (SSSR count). The minimum Gasteiger partial charge on any atom is -0.464 e. The first-order chi connectivity index (χ1) is 8.02. The van der Waals surface area contributed by atoms with Crippen molar-refractivity contribution in [3.05, 3.63) is 41.1 Å². The monoisotopic (exact) mass is 233 g/mol. The van der Waals surface area contributed by atoms with Gasteiger partial charge < -0.3 is 10.1 Å². The summed E-state index contributed by atoms with van der Waals surface area (Å²) in [5, 5.41) is 2.45. The molecule has 0 aromatic heterocycles. The van der Waals surface area contributed by atoms with Crippen LogP contribution in [0.1, 0.15) is 18.1 Å². The number of amides is 1. The highest BCUT2D eigenvalue weighted by Gasteiger charge is 2.10. The quantitative estimate of drug-likeness (QED) is 0.638. The number of carbonyl (C=O) groups is 2. The van der Waals surface area contributed by atoms with Gasteiger partial charge in [0.15, 0.2) is 0 Å². The van der Waals surface area contributed by atoms with E-state index in [0.29, 0.717) is 0 Å². The molecule has 1 N–H and O–H groups in total. The van der Waals surface area contributed by atoms with Crippen LogP contribution in [0.15, 0.2) is 30.0 Å². The molecule has 0 saturated carbocycles. The van der Waals surface area contributed by atoms with Crippen LogP contribution in [0.4, 0.5) is 0 Å². The molecule has 0 unspecified atom stereocenters. The summed E-state index contributed by atoms with van der Waals surface area (Å²) >= 11 is 0. The van der Waals surface area contributed by atoms with Gasteiger partial charge in [0.05, 0.1) is 7.11 Å². The number of benzene rings is 1. The SMILES string of the molecule is COC(=O)/C(=C/c1cccc(C)c1)NC(C)=O. The number of hydrogen-bond acceptors (Lipinski definition) is 3. The lowest BCUT2D eigenvalue weighted by Gasteiger charge is -2.06. The van der Waals surface area contributed by atoms with Gasteiger partial charge in [-0.05, 0) is 18.6 Å². The Morgan fingerprint density at radius 2 is 2.06 bits per heavy atom. The van der Waals surface area contributed by atoms with Crippen LogP contribution in [0.25, 0.3) is 6.08 Å². The molecule has 0 spiro atoms. The van der Waals surface area contributed by atoms with Crippen LogP contribution in [0.2, 0.25) is 0 Å². The van der Waals surface area contributed by atoms with Crippen molar-refractivity contribution in [2.45, 2.75) is 13.8 Å². The molecule has 4 nitrogen and oxygen atoms in total. The van der Waals surface area contributed by atoms with Crippen molar-refractivity contribution in [3.8, 4) is 0 Å². The van der Waals surface area contributed by atoms with Gasteiger partial charge in [0, 0.05) is 6.92 Å². The number of aryl methyl sites for hydroxylation is 1. The first kappa shape index (κ1) is 13.0. The van der Waals surface area contributed by atoms with E-state index in [-0.39, 0.29) is 11.6 Å². The molecule has 4 heteroatoms. The fourth-order valence-corrected chi connectivity index (χ4v) is 1.37. The maximum absolute atomic E-state index is 11.4. The molecular weight excluding hydrogens is 218 g/mol. The summed E-state index contributed by atoms with van der Waals surface area (Å²) in [6.45, 7) is 3.29. The topological polar surface area (TPSA) is 55.4 Å². The van der Waals surface area contributed by atoms with E-state index in [1.54, 1.807) is 6.08 Å². The number of nitrogens with one attached hydrogen (secondary N) is 1. The van der Waals surface area contributed by atoms with Crippen molar-refractivity contribution in [1.82, 2.24) is 5.32 Å². The Bertz CT molecular complexity index is 463. The van der Waals surface area contributed by atoms with Crippen molar-refractivity contribution in [3.63, 3.8) is 0 Å². The fourth-order valence-electron chi connectivity index (χ4n) is 1.37. The lowest BCUT2D eigenvalue weighted by molar-refractivity contribution is -0.137. The van der Waals surface area contributed by atoms with Gasteiger partial charge in [-0.2, -0.15) is 0 Å². The first-order valence-electron chi connectivity index (χ1n) is 5.17. The van der Waals surface area contributed by atoms with Crippen molar-refractivity contribution in [2.24, 2.45) is 0 Å². The zero-order chi connectivity index (χ0) is 12.8. The summed E-state index contributed by atoms with van der Waals surface area (Å²) in [5.74, 6) is -0.879. The van der Waals surface area contributed by atoms with Gasteiger partial charge in [-0.25, -0.2) is 4.79 Å². The van der Waals surface area contributed by atoms with E-state index in [1.165, 1.54) is 14.0 Å². The molecule has 0 saturated heterocycles. The molecule has 0 heterocycles. The van der Waals surface area contributed by atoms with Gasteiger partial charge in [-0.15, -0.1) is 0 Å². The summed E-state index contributed by atoms with van der Waals surface area (Å²) in [6, 6.07) is 7.58. The van der Waals surface area contributed by atoms with Crippen LogP contribution in [0, 0.1) is 6.92 Å². The zero-order valence-corrected chi connectivity index (χ0v) is 10.1. The highest BCUT2D eigenvalue weighted by molar-refractivity contribution is 5.97. The van der Waals surface area contributed by atoms with E-state index in [0.717, 1.165) is 11.1 Å². The van der Waals surface area contributed by atoms with E-state index in [4.69, 9.17) is 0 Å². The van der Waals surface area contributed by atoms with Crippen molar-refractivity contribution >= 4 is 18.0 Å². The Morgan fingerprint density at radius 1 is 1.35 bits per heavy atom. The van der Waals surface area contributed by atoms with Gasteiger partial charge in [0.25, 0.3) is 0 Å². The second-order valence-electron chi connectivity index (χ2n) is 3.64. The molecule has 1 aromatic carbocycles. The summed E-state index contributed by atoms with van der Waals surface area (Å²) in [7, 11) is 1.27. The third-order valence-electron chi connectivity index (χ3n) is 2.07. The summed E-state index contributed by atoms with van der Waals surface area (Å²) in [5.41, 5.74) is 2.04. The van der Waals surface area contributed by atoms with Crippen LogP contribution in [0.5, 0.6) is 0 Å². The summed E-state index contributed by atoms with van der Waals surface area (Å²) in [6.07, 6.45) is 1.58. The van der Waals surface area contributed by atoms with Crippen molar-refractivity contribution in [1.29, 1.82) is 0 Å². The van der Waals surface area contributed by atoms with E-state index in [2.05, 4.69) is 10.1 Å². The standard InChI is InChI=1S/C13H15NO3/c1-9-5-4-6-11(7-9)8-12(13(16)17-3)14-10(2)15/h4-8H,1-3H3,(H,14,15)/b12-8-. The number of esters is 1. The molecule has 0 aliphatic carbocycles. The maximum Gasteiger partial charge on any atom is 0.354 e. The Morgan fingerprint density at radius 3 is 2.59 bits per heavy atom. The zero-order valence-electron chi connectivity index (χ0n) is 10.1. The third-order valence-corrected chi connectivity index (χ3v) is 2.07. The highest BCUT2D eigenvalue weighted by Crippen LogP contribution is 2.09. The number of methoxy groups -OCH3 is 1. The number of rotatable bonds is 3. The lowest BCUT2D eigenvalue weighted by atomic mass is 10.1. The van der Waals surface area contributed by atoms with Gasteiger partial charge in [0.1, 0.15) is 5.70 Å². The largest absolute Gasteiger partial charge is 0.464 e. The minimum absolute atomic E-state index is 0.130. The van der Waals surface area contributed by atoms with Crippen molar-refractivity contribution < 1.29 is 14.3 Å². The van der Waals surface area contributed by atoms with Crippen LogP contribution in [-0.4, -0.2) is 19.0 Å². The first-order valence-corrected chi connectivity index (χ1v) is 5.17. The molecule has 0 aliphatic rings. The normalized spacial score (nSPS) is 10.9. The number of hydrogen-bond donors (Lipinski definition) is 1. The van der Waals surface area contributed by atoms with Gasteiger partial charge in [0.2, 0.25) is 5.91 Å². The second-order valence-corrected chi connectivity index (χ2v) is 3.64. The van der Waals surface area contributed by atoms with E-state index >= 15 is 0 Å². The van der Waals surface area contributed by atoms with Crippen LogP contribution >= 0.6 is 0 Å². The highest BCUT2D eigenvalue weighted by atomic mass is 16.5. The molecule has 1 aromatic rings. The molecule has 0 atom stereocenters. The maximum atomic E-state index is 11.4. The molecule has 17 heavy (non-hydrogen) atoms. The fraction of sp³-hybridized carbons (Fsp3) is 0.231. The molecule has 0 radical (unpaired) electrons. The predicted molar refractivity (Wildman–Crippen MR) is 65.0 cm³/mol. The van der Waals surface area contributed by atoms with Crippen molar-refractivity contribution in [2.75, 3.05) is 7.11 Å². The third kappa shape index (κ3) is 4.10. The van der Waals surface area contributed by atoms with E-state index < -0.39 is 5.97 Å². The average Bonchev–Trinajstić information content (AvgIpc) is 2.26. The van der Waals surface area contributed by atoms with Crippen LogP contribution in [-0.2, 0) is 14.3 Å². The minimum atomic E-state index is -0.568. The van der Waals surface area contributed by atoms with Crippen LogP contribution < -0.4 is 5.32 Å². The smallest absolute Gasteiger partial charge is 0.354 e. The number of carbonyl (C=O) groups excluding carboxylic acids is 2. The molecule has 0 fully saturated rings. The lowest BCUT2D eigenvalue weighted by Crippen LogP contribution is -2.25. The van der Waals surface area contributed by atoms with E-state index in [1.807, 2.05) is 31.2 Å². The molecule has 1 amide bonds. The Hall–Kier alpha value is -2.10. The molecular formula is C13H15NO3. The summed E-state index contributed by atoms with van der Waals surface area (Å²) < 4.78 is 4.59. The Labute approximate surface area is 100 Å². The molecule has 0 aliphatic heterocycles. The number of ether oxygens (including phenoxy) is 1. The van der Waals surface area contributed by atoms with E-state index in [9.17, 15) is 9.59 Å². The average molecular weight is 233 g/mol. The summed E-state index contributed by atoms with van der Waals surface area (Å²) in [4.78, 5) is 22.4. The molecule has 0 bridgehead atoms. The Kier molecular flexibility index (Phi) is 4.46. The van der Waals surface area contributed by atoms with Crippen LogP contribution in [0.3, 0.4) is 0 Å². The predicted octanol–water partition coefficient (Wildman–Crippen LogP) is 1.65. The molecule has 90 valence electrons. The van der Waals surface area contributed by atoms with Gasteiger partial charge in [-0.3, -0.25) is 4.79 Å².